The Labute approximate surface area is 698 Å². The van der Waals surface area contributed by atoms with Crippen molar-refractivity contribution >= 4 is 112 Å². The number of carboxylic acid groups (broad SMARTS) is 4. The number of likely N-dealkylation sites (tertiary alicyclic amines) is 1. The Hall–Kier alpha value is -12.5. The van der Waals surface area contributed by atoms with Crippen LogP contribution in [0.2, 0.25) is 0 Å². The van der Waals surface area contributed by atoms with Gasteiger partial charge in [0.15, 0.2) is 0 Å². The van der Waals surface area contributed by atoms with Gasteiger partial charge in [-0.15, -0.1) is 0 Å². The number of hydrogen-bond donors (Lipinski definition) is 21. The van der Waals surface area contributed by atoms with E-state index in [0.717, 1.165) is 6.92 Å². The molecule has 1 aliphatic rings. The predicted molar refractivity (Wildman–Crippen MR) is 430 cm³/mol. The van der Waals surface area contributed by atoms with Crippen molar-refractivity contribution in [1.82, 2.24) is 74.0 Å². The van der Waals surface area contributed by atoms with E-state index in [1.165, 1.54) is 39.5 Å². The first-order chi connectivity index (χ1) is 57.0. The minimum Gasteiger partial charge on any atom is -0.481 e. The SMILES string of the molecule is CC(C)C[C@H](NC(=O)[C@@H]1CCCN1C(=O)[C@H](Cc1ccccc1)NC(=O)[C@H](CO)NC(=O)[C@H](Cc1ccccc1)NC(=O)[C@H](CCC(=O)O)NC(=O)[C@@H](NC(=O)[C@H](CCC(N)=O)NC(=O)[C@H](CCC(=O)O)NC(=O)CN)C(C)C)C(=O)N[C@@H](C)C(=O)N[C@@H](Cc1ccccc1)C(=O)N[C@H](C(=O)N[C@H](C(=O)N[C@@H](CCC(=O)O)C(=O)O)C(C)C)[C@@H](C)O. The van der Waals surface area contributed by atoms with Crippen molar-refractivity contribution in [2.24, 2.45) is 29.2 Å². The number of carbonyl (C=O) groups excluding carboxylic acids is 15. The van der Waals surface area contributed by atoms with Gasteiger partial charge in [-0.25, -0.2) is 4.79 Å². The molecule has 0 unspecified atom stereocenters. The van der Waals surface area contributed by atoms with Crippen molar-refractivity contribution in [2.75, 3.05) is 19.7 Å². The first-order valence-corrected chi connectivity index (χ1v) is 39.6. The standard InChI is InChI=1S/C80H114N16O25/c1-41(2)35-53(71(111)83-44(7)67(107)88-55(37-47-21-14-10-15-22-47)73(113)95-66(45(8)98)78(118)94-65(43(5)6)77(117)87-52(80(120)121)29-33-63(105)106)90-75(115)58-25-18-34-96(58)79(119)56(38-48-23-16-11-17-24-48)91-74(114)57(40-97)92-72(112)54(36-46-19-12-9-13-20-46)89-69(109)51(28-32-62(103)104)86-76(116)64(42(3)4)93-70(110)50(26-30-59(82)99)85-68(108)49(27-31-61(101)102)84-60(100)39-81/h9-17,19-24,41-45,49-58,64-66,97-98H,18,25-40,81H2,1-8H3,(H2,82,99)(H,83,111)(H,84,100)(H,85,108)(H,86,116)(H,87,117)(H,88,107)(H,89,109)(H,90,115)(H,91,114)(H,92,112)(H,93,110)(H,94,118)(H,95,113)(H,101,102)(H,103,104)(H,105,106)(H,120,121)/t44-,45+,49-,50-,51-,52-,53-,54-,55-,56-,57-,58-,64-,65-,66-/m0/s1. The number of primary amides is 1. The van der Waals surface area contributed by atoms with E-state index in [1.54, 1.807) is 105 Å². The van der Waals surface area contributed by atoms with E-state index in [0.29, 0.717) is 16.7 Å². The van der Waals surface area contributed by atoms with Crippen molar-refractivity contribution < 1.29 is 122 Å². The minimum absolute atomic E-state index is 0.0322. The van der Waals surface area contributed by atoms with Crippen molar-refractivity contribution in [1.29, 1.82) is 0 Å². The molecule has 1 saturated heterocycles. The molecule has 3 aromatic carbocycles. The Morgan fingerprint density at radius 1 is 0.397 bits per heavy atom. The molecule has 0 spiro atoms. The summed E-state index contributed by atoms with van der Waals surface area (Å²) in [4.78, 5) is 257. The van der Waals surface area contributed by atoms with E-state index in [9.17, 15) is 112 Å². The molecule has 41 nitrogen and oxygen atoms in total. The van der Waals surface area contributed by atoms with E-state index in [4.69, 9.17) is 16.6 Å². The zero-order valence-electron chi connectivity index (χ0n) is 68.6. The highest BCUT2D eigenvalue weighted by molar-refractivity contribution is 6.01. The molecule has 1 fully saturated rings. The second kappa shape index (κ2) is 50.4. The van der Waals surface area contributed by atoms with Crippen LogP contribution in [0.1, 0.15) is 143 Å². The topological polar surface area (TPSA) is 657 Å². The van der Waals surface area contributed by atoms with Gasteiger partial charge in [0.2, 0.25) is 88.6 Å². The fourth-order valence-electron chi connectivity index (χ4n) is 12.8. The first kappa shape index (κ1) is 101. The van der Waals surface area contributed by atoms with Crippen LogP contribution < -0.4 is 80.6 Å². The van der Waals surface area contributed by atoms with Gasteiger partial charge in [0.05, 0.1) is 19.3 Å². The van der Waals surface area contributed by atoms with Gasteiger partial charge in [0.1, 0.15) is 84.6 Å². The highest BCUT2D eigenvalue weighted by Crippen LogP contribution is 2.22. The van der Waals surface area contributed by atoms with Crippen LogP contribution in [0.25, 0.3) is 0 Å². The van der Waals surface area contributed by atoms with Crippen LogP contribution in [0.3, 0.4) is 0 Å². The highest BCUT2D eigenvalue weighted by Gasteiger charge is 2.43. The van der Waals surface area contributed by atoms with E-state index >= 15 is 4.79 Å². The summed E-state index contributed by atoms with van der Waals surface area (Å²) in [6, 6.07) is 2.10. The third-order valence-corrected chi connectivity index (χ3v) is 19.4. The minimum atomic E-state index is -1.90. The van der Waals surface area contributed by atoms with Crippen LogP contribution in [0.15, 0.2) is 91.0 Å². The second-order valence-electron chi connectivity index (χ2n) is 30.4. The number of aliphatic hydroxyl groups is 2. The molecule has 1 aliphatic heterocycles. The van der Waals surface area contributed by atoms with Crippen molar-refractivity contribution in [3.8, 4) is 0 Å². The maximum Gasteiger partial charge on any atom is 0.326 e. The number of aliphatic carboxylic acids is 4. The summed E-state index contributed by atoms with van der Waals surface area (Å²) >= 11 is 0. The summed E-state index contributed by atoms with van der Waals surface area (Å²) in [5, 5.41) is 91.4. The molecule has 23 N–H and O–H groups in total. The number of benzene rings is 3. The fourth-order valence-corrected chi connectivity index (χ4v) is 12.8. The van der Waals surface area contributed by atoms with Gasteiger partial charge in [-0.2, -0.15) is 0 Å². The number of nitrogens with zero attached hydrogens (tertiary/aromatic N) is 1. The lowest BCUT2D eigenvalue weighted by Crippen LogP contribution is -2.62. The normalized spacial score (nSPS) is 15.9. The average Bonchev–Trinajstić information content (AvgIpc) is 1.71. The van der Waals surface area contributed by atoms with Gasteiger partial charge in [-0.3, -0.25) is 86.3 Å². The molecule has 3 aromatic rings. The molecule has 15 amide bonds. The molecule has 0 aliphatic carbocycles. The van der Waals surface area contributed by atoms with Crippen LogP contribution in [-0.4, -0.2) is 258 Å². The predicted octanol–water partition coefficient (Wildman–Crippen LogP) is -4.34. The average molecular weight is 1700 g/mol. The molecule has 4 rings (SSSR count). The Morgan fingerprint density at radius 3 is 1.17 bits per heavy atom. The summed E-state index contributed by atoms with van der Waals surface area (Å²) < 4.78 is 0. The zero-order valence-corrected chi connectivity index (χ0v) is 68.6. The number of nitrogens with two attached hydrogens (primary N) is 2. The van der Waals surface area contributed by atoms with Crippen LogP contribution in [0.4, 0.5) is 0 Å². The summed E-state index contributed by atoms with van der Waals surface area (Å²) in [7, 11) is 0. The van der Waals surface area contributed by atoms with E-state index in [2.05, 4.69) is 69.1 Å². The molecule has 664 valence electrons. The van der Waals surface area contributed by atoms with Crippen LogP contribution in [0, 0.1) is 17.8 Å². The van der Waals surface area contributed by atoms with Crippen molar-refractivity contribution in [3.05, 3.63) is 108 Å². The third-order valence-electron chi connectivity index (χ3n) is 19.4. The molecule has 41 heteroatoms. The van der Waals surface area contributed by atoms with Gasteiger partial charge in [-0.05, 0) is 93.2 Å². The number of aliphatic hydroxyl groups excluding tert-OH is 2. The Balaban J connectivity index is 1.58. The smallest absolute Gasteiger partial charge is 0.326 e. The van der Waals surface area contributed by atoms with Crippen LogP contribution >= 0.6 is 0 Å². The molecular formula is C80H114N16O25. The van der Waals surface area contributed by atoms with Crippen LogP contribution in [0.5, 0.6) is 0 Å². The van der Waals surface area contributed by atoms with Crippen molar-refractivity contribution in [3.63, 3.8) is 0 Å². The summed E-state index contributed by atoms with van der Waals surface area (Å²) in [5.41, 5.74) is 12.1. The number of carboxylic acids is 4. The molecule has 15 atom stereocenters. The summed E-state index contributed by atoms with van der Waals surface area (Å²) in [6.07, 6.45) is -6.81. The number of amides is 15. The van der Waals surface area contributed by atoms with Crippen LogP contribution in [-0.2, 0) is 110 Å². The quantitative estimate of drug-likeness (QED) is 0.0254. The molecule has 121 heavy (non-hydrogen) atoms. The molecule has 1 heterocycles. The number of nitrogens with one attached hydrogen (secondary N) is 13. The summed E-state index contributed by atoms with van der Waals surface area (Å²) in [5.74, 6) is -22.6. The van der Waals surface area contributed by atoms with Gasteiger partial charge in [0, 0.05) is 51.5 Å². The van der Waals surface area contributed by atoms with Gasteiger partial charge in [0.25, 0.3) is 0 Å². The van der Waals surface area contributed by atoms with E-state index in [-0.39, 0.29) is 51.0 Å². The number of hydrogen-bond acceptors (Lipinski definition) is 22. The van der Waals surface area contributed by atoms with E-state index < -0.39 is 280 Å². The fraction of sp³-hybridized carbons (Fsp3) is 0.537. The second-order valence-corrected chi connectivity index (χ2v) is 30.4. The Morgan fingerprint density at radius 2 is 0.744 bits per heavy atom. The number of carbonyl (C=O) groups is 19. The number of rotatable bonds is 52. The lowest BCUT2D eigenvalue weighted by Gasteiger charge is -2.31. The molecule has 0 bridgehead atoms. The molecule has 0 radical (unpaired) electrons. The summed E-state index contributed by atoms with van der Waals surface area (Å²) in [6.45, 7) is 10.0. The monoisotopic (exact) mass is 1700 g/mol. The Kier molecular flexibility index (Phi) is 42.0. The van der Waals surface area contributed by atoms with Gasteiger partial charge < -0.3 is 116 Å². The lowest BCUT2D eigenvalue weighted by molar-refractivity contribution is -0.144. The van der Waals surface area contributed by atoms with Crippen molar-refractivity contribution in [2.45, 2.75) is 236 Å². The molecule has 0 saturated carbocycles. The van der Waals surface area contributed by atoms with Gasteiger partial charge in [-0.1, -0.05) is 133 Å². The first-order valence-electron chi connectivity index (χ1n) is 39.6. The lowest BCUT2D eigenvalue weighted by atomic mass is 10.00. The van der Waals surface area contributed by atoms with E-state index in [1.807, 2.05) is 0 Å². The molecule has 0 aromatic heterocycles. The maximum absolute atomic E-state index is 15.1. The zero-order chi connectivity index (χ0) is 90.5. The maximum atomic E-state index is 15.1. The molecular weight excluding hydrogens is 1580 g/mol. The highest BCUT2D eigenvalue weighted by atomic mass is 16.4. The third kappa shape index (κ3) is 34.8. The Bertz CT molecular complexity index is 4100. The largest absolute Gasteiger partial charge is 0.481 e. The van der Waals surface area contributed by atoms with Gasteiger partial charge >= 0.3 is 23.9 Å².